The predicted octanol–water partition coefficient (Wildman–Crippen LogP) is 16.4. The number of esters is 1. The van der Waals surface area contributed by atoms with Gasteiger partial charge in [-0.25, -0.2) is 0 Å². The first kappa shape index (κ1) is 58.9. The fourth-order valence-electron chi connectivity index (χ4n) is 8.79. The standard InChI is InChI=1S/C54H107NO5/c1-4-7-10-13-16-19-22-25-27-29-32-35-38-41-44-47-54(59)60-50(45-42-39-36-33-30-28-26-23-20-17-14-11-8-5-2)48-53(58)55-51(49-56)52(57)46-43-40-37-34-31-24-21-18-15-12-9-6-3/h50-52,56-57H,4-49H2,1-3H3,(H,55,58). The van der Waals surface area contributed by atoms with Crippen LogP contribution in [-0.4, -0.2) is 46.9 Å². The zero-order valence-electron chi connectivity index (χ0n) is 40.9. The lowest BCUT2D eigenvalue weighted by atomic mass is 10.0. The lowest BCUT2D eigenvalue weighted by molar-refractivity contribution is -0.151. The quantitative estimate of drug-likeness (QED) is 0.0419. The first-order valence-corrected chi connectivity index (χ1v) is 27.3. The van der Waals surface area contributed by atoms with Gasteiger partial charge in [-0.15, -0.1) is 0 Å². The molecule has 3 N–H and O–H groups in total. The maximum Gasteiger partial charge on any atom is 0.306 e. The smallest absolute Gasteiger partial charge is 0.306 e. The first-order chi connectivity index (χ1) is 29.5. The molecule has 0 aliphatic heterocycles. The second-order valence-corrected chi connectivity index (χ2v) is 19.0. The number of aliphatic hydroxyl groups is 2. The SMILES string of the molecule is CCCCCCCCCCCCCCCCCC(=O)OC(CCCCCCCCCCCCCCCC)CC(=O)NC(CO)C(O)CCCCCCCCCCCCCC. The monoisotopic (exact) mass is 850 g/mol. The van der Waals surface area contributed by atoms with Crippen LogP contribution in [-0.2, 0) is 14.3 Å². The van der Waals surface area contributed by atoms with E-state index < -0.39 is 18.2 Å². The summed E-state index contributed by atoms with van der Waals surface area (Å²) in [5.41, 5.74) is 0. The van der Waals surface area contributed by atoms with Gasteiger partial charge in [-0.1, -0.05) is 271 Å². The molecule has 0 saturated carbocycles. The van der Waals surface area contributed by atoms with Gasteiger partial charge < -0.3 is 20.3 Å². The predicted molar refractivity (Wildman–Crippen MR) is 260 cm³/mol. The average Bonchev–Trinajstić information content (AvgIpc) is 3.24. The summed E-state index contributed by atoms with van der Waals surface area (Å²) in [4.78, 5) is 26.2. The maximum atomic E-state index is 13.2. The number of amides is 1. The lowest BCUT2D eigenvalue weighted by Gasteiger charge is -2.24. The maximum absolute atomic E-state index is 13.2. The van der Waals surface area contributed by atoms with Crippen LogP contribution >= 0.6 is 0 Å². The molecule has 3 unspecified atom stereocenters. The zero-order valence-corrected chi connectivity index (χ0v) is 40.9. The van der Waals surface area contributed by atoms with Crippen molar-refractivity contribution >= 4 is 11.9 Å². The molecule has 6 nitrogen and oxygen atoms in total. The summed E-state index contributed by atoms with van der Waals surface area (Å²) in [6.45, 7) is 6.52. The molecule has 0 radical (unpaired) electrons. The van der Waals surface area contributed by atoms with Crippen LogP contribution in [0, 0.1) is 0 Å². The van der Waals surface area contributed by atoms with Crippen LogP contribution in [0.1, 0.15) is 310 Å². The zero-order chi connectivity index (χ0) is 43.8. The van der Waals surface area contributed by atoms with Crippen molar-refractivity contribution < 1.29 is 24.5 Å². The molecular weight excluding hydrogens is 743 g/mol. The van der Waals surface area contributed by atoms with Crippen LogP contribution in [0.4, 0.5) is 0 Å². The van der Waals surface area contributed by atoms with Crippen molar-refractivity contribution in [2.75, 3.05) is 6.61 Å². The number of nitrogens with one attached hydrogen (secondary N) is 1. The second kappa shape index (κ2) is 48.9. The number of hydrogen-bond donors (Lipinski definition) is 3. The molecule has 0 aromatic heterocycles. The Kier molecular flexibility index (Phi) is 48.0. The number of rotatable bonds is 50. The van der Waals surface area contributed by atoms with Crippen LogP contribution in [0.3, 0.4) is 0 Å². The average molecular weight is 850 g/mol. The Bertz CT molecular complexity index is 867. The molecule has 0 aromatic rings. The molecule has 0 fully saturated rings. The van der Waals surface area contributed by atoms with Crippen LogP contribution in [0.25, 0.3) is 0 Å². The van der Waals surface area contributed by atoms with E-state index in [-0.39, 0.29) is 24.9 Å². The van der Waals surface area contributed by atoms with Gasteiger partial charge in [0, 0.05) is 6.42 Å². The highest BCUT2D eigenvalue weighted by Crippen LogP contribution is 2.19. The Balaban J connectivity index is 4.50. The van der Waals surface area contributed by atoms with Crippen molar-refractivity contribution in [3.63, 3.8) is 0 Å². The van der Waals surface area contributed by atoms with Gasteiger partial charge in [-0.2, -0.15) is 0 Å². The molecule has 0 aromatic carbocycles. The van der Waals surface area contributed by atoms with Gasteiger partial charge in [0.05, 0.1) is 25.2 Å². The third kappa shape index (κ3) is 43.5. The first-order valence-electron chi connectivity index (χ1n) is 27.3. The summed E-state index contributed by atoms with van der Waals surface area (Å²) in [6, 6.07) is -0.692. The van der Waals surface area contributed by atoms with Gasteiger partial charge >= 0.3 is 5.97 Å². The molecule has 6 heteroatoms. The van der Waals surface area contributed by atoms with Crippen LogP contribution in [0.15, 0.2) is 0 Å². The second-order valence-electron chi connectivity index (χ2n) is 19.0. The van der Waals surface area contributed by atoms with Gasteiger partial charge in [0.25, 0.3) is 0 Å². The minimum absolute atomic E-state index is 0.0882. The molecule has 3 atom stereocenters. The van der Waals surface area contributed by atoms with E-state index in [1.165, 1.54) is 225 Å². The van der Waals surface area contributed by atoms with Crippen molar-refractivity contribution in [1.82, 2.24) is 5.32 Å². The summed E-state index contributed by atoms with van der Waals surface area (Å²) in [5.74, 6) is -0.448. The number of aliphatic hydroxyl groups excluding tert-OH is 2. The van der Waals surface area contributed by atoms with Crippen molar-refractivity contribution in [2.24, 2.45) is 0 Å². The molecule has 358 valence electrons. The fraction of sp³-hybridized carbons (Fsp3) is 0.963. The Hall–Kier alpha value is -1.14. The summed E-state index contributed by atoms with van der Waals surface area (Å²) < 4.78 is 5.95. The van der Waals surface area contributed by atoms with Crippen LogP contribution in [0.2, 0.25) is 0 Å². The van der Waals surface area contributed by atoms with E-state index in [1.54, 1.807) is 0 Å². The minimum Gasteiger partial charge on any atom is -0.462 e. The van der Waals surface area contributed by atoms with E-state index in [0.717, 1.165) is 38.5 Å². The molecule has 1 amide bonds. The van der Waals surface area contributed by atoms with E-state index in [1.807, 2.05) is 0 Å². The fourth-order valence-corrected chi connectivity index (χ4v) is 8.79. The highest BCUT2D eigenvalue weighted by atomic mass is 16.5. The molecule has 0 bridgehead atoms. The molecule has 0 spiro atoms. The van der Waals surface area contributed by atoms with E-state index in [0.29, 0.717) is 19.3 Å². The summed E-state index contributed by atoms with van der Waals surface area (Å²) >= 11 is 0. The molecule has 60 heavy (non-hydrogen) atoms. The van der Waals surface area contributed by atoms with Gasteiger partial charge in [-0.05, 0) is 25.7 Å². The molecule has 0 rings (SSSR count). The van der Waals surface area contributed by atoms with Crippen molar-refractivity contribution in [3.05, 3.63) is 0 Å². The summed E-state index contributed by atoms with van der Waals surface area (Å²) in [6.07, 6.45) is 53.0. The van der Waals surface area contributed by atoms with Crippen LogP contribution < -0.4 is 5.32 Å². The summed E-state index contributed by atoms with van der Waals surface area (Å²) in [5, 5.41) is 23.8. The van der Waals surface area contributed by atoms with Crippen molar-refractivity contribution in [2.45, 2.75) is 328 Å². The van der Waals surface area contributed by atoms with Crippen molar-refractivity contribution in [1.29, 1.82) is 0 Å². The molecular formula is C54H107NO5. The van der Waals surface area contributed by atoms with E-state index in [4.69, 9.17) is 4.74 Å². The topological polar surface area (TPSA) is 95.9 Å². The Labute approximate surface area is 375 Å². The van der Waals surface area contributed by atoms with E-state index in [2.05, 4.69) is 26.1 Å². The Morgan fingerprint density at radius 2 is 0.700 bits per heavy atom. The number of ether oxygens (including phenoxy) is 1. The van der Waals surface area contributed by atoms with Gasteiger partial charge in [0.1, 0.15) is 6.10 Å². The van der Waals surface area contributed by atoms with E-state index >= 15 is 0 Å². The highest BCUT2D eigenvalue weighted by Gasteiger charge is 2.24. The van der Waals surface area contributed by atoms with Gasteiger partial charge in [0.2, 0.25) is 5.91 Å². The largest absolute Gasteiger partial charge is 0.462 e. The third-order valence-electron chi connectivity index (χ3n) is 12.9. The van der Waals surface area contributed by atoms with Crippen molar-refractivity contribution in [3.8, 4) is 0 Å². The number of carbonyl (C=O) groups excluding carboxylic acids is 2. The summed E-state index contributed by atoms with van der Waals surface area (Å²) in [7, 11) is 0. The third-order valence-corrected chi connectivity index (χ3v) is 12.9. The van der Waals surface area contributed by atoms with E-state index in [9.17, 15) is 19.8 Å². The number of hydrogen-bond acceptors (Lipinski definition) is 5. The highest BCUT2D eigenvalue weighted by molar-refractivity contribution is 5.77. The Morgan fingerprint density at radius 3 is 1.02 bits per heavy atom. The molecule has 0 heterocycles. The van der Waals surface area contributed by atoms with Crippen LogP contribution in [0.5, 0.6) is 0 Å². The van der Waals surface area contributed by atoms with Gasteiger partial charge in [-0.3, -0.25) is 9.59 Å². The van der Waals surface area contributed by atoms with Gasteiger partial charge in [0.15, 0.2) is 0 Å². The number of unbranched alkanes of at least 4 members (excludes halogenated alkanes) is 38. The normalized spacial score (nSPS) is 13.1. The minimum atomic E-state index is -0.779. The Morgan fingerprint density at radius 1 is 0.417 bits per heavy atom. The molecule has 0 aliphatic carbocycles. The molecule has 0 saturated heterocycles. The number of carbonyl (C=O) groups is 2. The lowest BCUT2D eigenvalue weighted by Crippen LogP contribution is -2.46. The molecule has 0 aliphatic rings.